The Balaban J connectivity index is 5.31. The van der Waals surface area contributed by atoms with Gasteiger partial charge in [-0.1, -0.05) is 0 Å². The Morgan fingerprint density at radius 3 is 1.50 bits per heavy atom. The van der Waals surface area contributed by atoms with Gasteiger partial charge in [0.1, 0.15) is 0 Å². The Morgan fingerprint density at radius 2 is 1.28 bits per heavy atom. The van der Waals surface area contributed by atoms with Crippen LogP contribution in [-0.4, -0.2) is 50.0 Å². The highest BCUT2D eigenvalue weighted by atomic mass is 35.5. The molecule has 0 heterocycles. The fourth-order valence-corrected chi connectivity index (χ4v) is 1.03. The van der Waals surface area contributed by atoms with Gasteiger partial charge in [0.2, 0.25) is 0 Å². The van der Waals surface area contributed by atoms with Gasteiger partial charge in [0.25, 0.3) is 0 Å². The standard InChI is InChI=1S/C6H5Cl3O9/c7-2(10)16-1-5(6(13,14)15,17-3(8)11)18-4(9)12/h13-15H,1H2. The Hall–Kier alpha value is -0.840. The van der Waals surface area contributed by atoms with Crippen LogP contribution in [0.1, 0.15) is 0 Å². The first kappa shape index (κ1) is 17.2. The summed E-state index contributed by atoms with van der Waals surface area (Å²) in [5.74, 6) is -7.29. The molecule has 104 valence electrons. The summed E-state index contributed by atoms with van der Waals surface area (Å²) in [6, 6.07) is 0. The molecule has 0 atom stereocenters. The Bertz CT molecular complexity index is 333. The molecule has 0 amide bonds. The molecule has 3 N–H and O–H groups in total. The summed E-state index contributed by atoms with van der Waals surface area (Å²) in [7, 11) is 0. The van der Waals surface area contributed by atoms with Gasteiger partial charge in [-0.05, 0) is 0 Å². The summed E-state index contributed by atoms with van der Waals surface area (Å²) in [5.41, 5.74) is -4.97. The van der Waals surface area contributed by atoms with Crippen molar-refractivity contribution in [2.45, 2.75) is 11.8 Å². The Morgan fingerprint density at radius 1 is 0.889 bits per heavy atom. The van der Waals surface area contributed by atoms with E-state index in [1.54, 1.807) is 0 Å². The quantitative estimate of drug-likeness (QED) is 0.484. The third kappa shape index (κ3) is 5.21. The molecule has 0 aliphatic rings. The maximum Gasteiger partial charge on any atom is 0.407 e. The normalized spacial score (nSPS) is 11.7. The molecule has 0 saturated heterocycles. The van der Waals surface area contributed by atoms with Gasteiger partial charge < -0.3 is 29.5 Å². The van der Waals surface area contributed by atoms with Crippen molar-refractivity contribution < 1.29 is 43.9 Å². The maximum atomic E-state index is 10.5. The SMILES string of the molecule is O=C(Cl)OCC(OC(=O)Cl)(OC(=O)Cl)C(O)(O)O. The highest BCUT2D eigenvalue weighted by Crippen LogP contribution is 2.27. The molecule has 0 fully saturated rings. The molecule has 0 spiro atoms. The number of rotatable bonds is 5. The van der Waals surface area contributed by atoms with E-state index in [1.165, 1.54) is 0 Å². The fraction of sp³-hybridized carbons (Fsp3) is 0.500. The summed E-state index contributed by atoms with van der Waals surface area (Å²) in [6.07, 6.45) is 0. The number of carbonyl (C=O) groups excluding carboxylic acids is 3. The van der Waals surface area contributed by atoms with Gasteiger partial charge in [-0.15, -0.1) is 0 Å². The average Bonchev–Trinajstić information content (AvgIpc) is 2.10. The van der Waals surface area contributed by atoms with E-state index in [-0.39, 0.29) is 0 Å². The summed E-state index contributed by atoms with van der Waals surface area (Å²) in [6.45, 7) is -1.39. The molecule has 0 aromatic rings. The second kappa shape index (κ2) is 6.36. The van der Waals surface area contributed by atoms with Crippen molar-refractivity contribution in [2.75, 3.05) is 6.61 Å². The zero-order valence-electron chi connectivity index (χ0n) is 8.13. The van der Waals surface area contributed by atoms with E-state index in [0.29, 0.717) is 0 Å². The molecule has 0 rings (SSSR count). The molecule has 0 aliphatic heterocycles. The lowest BCUT2D eigenvalue weighted by Gasteiger charge is -2.35. The van der Waals surface area contributed by atoms with Crippen LogP contribution in [-0.2, 0) is 14.2 Å². The molecule has 0 aromatic heterocycles. The van der Waals surface area contributed by atoms with Gasteiger partial charge >= 0.3 is 28.0 Å². The summed E-state index contributed by atoms with van der Waals surface area (Å²) in [4.78, 5) is 31.4. The highest BCUT2D eigenvalue weighted by Gasteiger charge is 2.58. The molecule has 18 heavy (non-hydrogen) atoms. The van der Waals surface area contributed by atoms with Gasteiger partial charge in [0, 0.05) is 34.8 Å². The van der Waals surface area contributed by atoms with Crippen LogP contribution in [0, 0.1) is 0 Å². The van der Waals surface area contributed by atoms with E-state index in [1.807, 2.05) is 0 Å². The van der Waals surface area contributed by atoms with Gasteiger partial charge in [-0.2, -0.15) is 0 Å². The van der Waals surface area contributed by atoms with Gasteiger partial charge in [-0.25, -0.2) is 14.4 Å². The molecule has 12 heteroatoms. The van der Waals surface area contributed by atoms with Crippen molar-refractivity contribution in [3.05, 3.63) is 0 Å². The zero-order valence-corrected chi connectivity index (χ0v) is 10.4. The molecule has 0 radical (unpaired) electrons. The zero-order chi connectivity index (χ0) is 14.6. The predicted octanol–water partition coefficient (Wildman–Crippen LogP) is 0.440. The second-order valence-electron chi connectivity index (χ2n) is 2.59. The Kier molecular flexibility index (Phi) is 6.07. The van der Waals surface area contributed by atoms with Crippen molar-refractivity contribution in [3.8, 4) is 0 Å². The predicted molar refractivity (Wildman–Crippen MR) is 54.0 cm³/mol. The van der Waals surface area contributed by atoms with Crippen LogP contribution in [0.5, 0.6) is 0 Å². The molecule has 0 unspecified atom stereocenters. The van der Waals surface area contributed by atoms with Crippen LogP contribution in [0.15, 0.2) is 0 Å². The van der Waals surface area contributed by atoms with Gasteiger partial charge in [-0.3, -0.25) is 0 Å². The van der Waals surface area contributed by atoms with E-state index in [9.17, 15) is 14.4 Å². The minimum Gasteiger partial charge on any atom is -0.445 e. The smallest absolute Gasteiger partial charge is 0.407 e. The molecule has 0 aromatic carbocycles. The first-order valence-electron chi connectivity index (χ1n) is 3.76. The number of hydrogen-bond donors (Lipinski definition) is 3. The minimum atomic E-state index is -3.98. The van der Waals surface area contributed by atoms with Crippen LogP contribution in [0.25, 0.3) is 0 Å². The largest absolute Gasteiger partial charge is 0.445 e. The Labute approximate surface area is 114 Å². The van der Waals surface area contributed by atoms with Crippen LogP contribution >= 0.6 is 34.8 Å². The molecule has 9 nitrogen and oxygen atoms in total. The summed E-state index contributed by atoms with van der Waals surface area (Å²) in [5, 5.41) is 26.8. The van der Waals surface area contributed by atoms with Crippen molar-refractivity contribution in [1.82, 2.24) is 0 Å². The molecule has 0 bridgehead atoms. The van der Waals surface area contributed by atoms with E-state index in [4.69, 9.17) is 50.1 Å². The number of ether oxygens (including phenoxy) is 3. The number of aliphatic hydroxyl groups is 3. The lowest BCUT2D eigenvalue weighted by Crippen LogP contribution is -2.61. The lowest BCUT2D eigenvalue weighted by atomic mass is 10.2. The average molecular weight is 327 g/mol. The van der Waals surface area contributed by atoms with Gasteiger partial charge in [0.05, 0.1) is 0 Å². The highest BCUT2D eigenvalue weighted by molar-refractivity contribution is 6.62. The maximum absolute atomic E-state index is 10.5. The number of halogens is 3. The van der Waals surface area contributed by atoms with Gasteiger partial charge in [0.15, 0.2) is 6.61 Å². The monoisotopic (exact) mass is 326 g/mol. The van der Waals surface area contributed by atoms with E-state index >= 15 is 0 Å². The third-order valence-electron chi connectivity index (χ3n) is 1.38. The molecule has 0 saturated carbocycles. The van der Waals surface area contributed by atoms with Crippen LogP contribution in [0.3, 0.4) is 0 Å². The molecular weight excluding hydrogens is 322 g/mol. The first-order valence-corrected chi connectivity index (χ1v) is 4.90. The molecular formula is C6H5Cl3O9. The summed E-state index contributed by atoms with van der Waals surface area (Å²) < 4.78 is 12.0. The van der Waals surface area contributed by atoms with E-state index in [0.717, 1.165) is 0 Å². The fourth-order valence-electron chi connectivity index (χ4n) is 0.725. The van der Waals surface area contributed by atoms with Crippen molar-refractivity contribution >= 4 is 51.1 Å². The van der Waals surface area contributed by atoms with Crippen molar-refractivity contribution in [3.63, 3.8) is 0 Å². The van der Waals surface area contributed by atoms with Crippen LogP contribution in [0.2, 0.25) is 0 Å². The van der Waals surface area contributed by atoms with E-state index in [2.05, 4.69) is 14.2 Å². The number of hydrogen-bond acceptors (Lipinski definition) is 9. The van der Waals surface area contributed by atoms with Crippen LogP contribution in [0.4, 0.5) is 14.4 Å². The number of carbonyl (C=O) groups is 3. The second-order valence-corrected chi connectivity index (χ2v) is 3.52. The molecule has 0 aliphatic carbocycles. The first-order chi connectivity index (χ1) is 8.00. The minimum absolute atomic E-state index is 1.39. The topological polar surface area (TPSA) is 140 Å². The van der Waals surface area contributed by atoms with Crippen molar-refractivity contribution in [1.29, 1.82) is 0 Å². The lowest BCUT2D eigenvalue weighted by molar-refractivity contribution is -0.442. The third-order valence-corrected chi connectivity index (χ3v) is 1.64. The van der Waals surface area contributed by atoms with E-state index < -0.39 is 34.7 Å². The van der Waals surface area contributed by atoms with Crippen molar-refractivity contribution in [2.24, 2.45) is 0 Å². The summed E-state index contributed by atoms with van der Waals surface area (Å²) >= 11 is 14.3. The van der Waals surface area contributed by atoms with Crippen LogP contribution < -0.4 is 0 Å².